The van der Waals surface area contributed by atoms with Gasteiger partial charge in [-0.2, -0.15) is 35.7 Å². The summed E-state index contributed by atoms with van der Waals surface area (Å²) >= 11 is 0. The van der Waals surface area contributed by atoms with Gasteiger partial charge in [0.25, 0.3) is 0 Å². The average molecular weight is 291 g/mol. The van der Waals surface area contributed by atoms with Crippen molar-refractivity contribution in [1.29, 1.82) is 0 Å². The first-order valence-electron chi connectivity index (χ1n) is 5.71. The molecule has 0 aromatic heterocycles. The fourth-order valence-electron chi connectivity index (χ4n) is 2.13. The smallest absolute Gasteiger partial charge is 0 e. The third-order valence-corrected chi connectivity index (χ3v) is 2.73. The van der Waals surface area contributed by atoms with E-state index < -0.39 is 0 Å². The molecule has 1 aromatic rings. The molecule has 0 saturated heterocycles. The molecule has 0 N–H and O–H groups in total. The molecule has 0 saturated carbocycles. The second-order valence-electron chi connectivity index (χ2n) is 5.44. The van der Waals surface area contributed by atoms with Crippen LogP contribution in [0.1, 0.15) is 57.2 Å². The topological polar surface area (TPSA) is 0 Å². The predicted molar refractivity (Wildman–Crippen MR) is 67.1 cm³/mol. The molecular weight excluding hydrogens is 269 g/mol. The molecule has 1 radical (unpaired) electrons. The van der Waals surface area contributed by atoms with Crippen molar-refractivity contribution >= 4 is 0 Å². The van der Waals surface area contributed by atoms with Crippen molar-refractivity contribution in [2.75, 3.05) is 0 Å². The van der Waals surface area contributed by atoms with Crippen LogP contribution < -0.4 is 0 Å². The van der Waals surface area contributed by atoms with Crippen molar-refractivity contribution in [3.05, 3.63) is 41.8 Å². The van der Waals surface area contributed by atoms with Gasteiger partial charge in [0.2, 0.25) is 0 Å². The van der Waals surface area contributed by atoms with Gasteiger partial charge in [0.15, 0.2) is 0 Å². The molecule has 0 aliphatic rings. The molecule has 0 heterocycles. The van der Waals surface area contributed by atoms with Crippen LogP contribution in [0.15, 0.2) is 12.1 Å². The number of hydrogen-bond acceptors (Lipinski definition) is 0. The Morgan fingerprint density at radius 3 is 2.25 bits per heavy atom. The average Bonchev–Trinajstić information content (AvgIpc) is 2.15. The van der Waals surface area contributed by atoms with Crippen molar-refractivity contribution in [3.8, 4) is 0 Å². The maximum Gasteiger partial charge on any atom is 0 e. The van der Waals surface area contributed by atoms with Crippen LogP contribution in [0.2, 0.25) is 0 Å². The Hall–Kier alpha value is 0.324. The van der Waals surface area contributed by atoms with Crippen LogP contribution in [0, 0.1) is 13.0 Å². The van der Waals surface area contributed by atoms with Gasteiger partial charge >= 0.3 is 0 Å². The third-order valence-electron chi connectivity index (χ3n) is 2.73. The maximum absolute atomic E-state index is 4.00. The molecule has 0 aliphatic heterocycles. The van der Waals surface area contributed by atoms with Gasteiger partial charge in [-0.25, -0.2) is 0 Å². The fraction of sp³-hybridized carbons (Fsp3) is 0.533. The van der Waals surface area contributed by atoms with Gasteiger partial charge in [-0.1, -0.05) is 40.0 Å². The van der Waals surface area contributed by atoms with Gasteiger partial charge < -0.3 is 6.92 Å². The normalized spacial score (nSPS) is 11.4. The summed E-state index contributed by atoms with van der Waals surface area (Å²) in [6.07, 6.45) is 0.827. The molecule has 0 fully saturated rings. The van der Waals surface area contributed by atoms with E-state index in [2.05, 4.69) is 53.7 Å². The van der Waals surface area contributed by atoms with Gasteiger partial charge in [0, 0.05) is 32.7 Å². The van der Waals surface area contributed by atoms with Crippen LogP contribution in [0.3, 0.4) is 0 Å². The minimum absolute atomic E-state index is 0. The Labute approximate surface area is 126 Å². The van der Waals surface area contributed by atoms with Crippen LogP contribution in [0.4, 0.5) is 0 Å². The molecule has 0 unspecified atom stereocenters. The zero-order valence-corrected chi connectivity index (χ0v) is 14.1. The van der Waals surface area contributed by atoms with E-state index in [0.29, 0.717) is 5.92 Å². The summed E-state index contributed by atoms with van der Waals surface area (Å²) in [7, 11) is 0. The first-order valence-corrected chi connectivity index (χ1v) is 5.71. The molecule has 87 valence electrons. The van der Waals surface area contributed by atoms with Gasteiger partial charge in [0.05, 0.1) is 0 Å². The summed E-state index contributed by atoms with van der Waals surface area (Å²) in [5.74, 6) is 0.569. The standard InChI is InChI=1S/C15H22.Y/c1-7-12-9-8-10-13(11(2)3)14(12)15(4,5)6;/h8,10-11H,1,7H2,2-6H3;/q-2;. The van der Waals surface area contributed by atoms with Gasteiger partial charge in [-0.15, -0.1) is 5.56 Å². The Kier molecular flexibility index (Phi) is 6.44. The van der Waals surface area contributed by atoms with Crippen molar-refractivity contribution in [2.24, 2.45) is 0 Å². The van der Waals surface area contributed by atoms with Crippen LogP contribution in [-0.4, -0.2) is 0 Å². The Morgan fingerprint density at radius 1 is 1.31 bits per heavy atom. The summed E-state index contributed by atoms with van der Waals surface area (Å²) in [6, 6.07) is 7.56. The molecule has 0 atom stereocenters. The van der Waals surface area contributed by atoms with Gasteiger partial charge in [0.1, 0.15) is 0 Å². The van der Waals surface area contributed by atoms with Crippen molar-refractivity contribution in [1.82, 2.24) is 0 Å². The van der Waals surface area contributed by atoms with Crippen molar-refractivity contribution in [2.45, 2.75) is 52.4 Å². The first-order chi connectivity index (χ1) is 6.88. The zero-order valence-electron chi connectivity index (χ0n) is 11.2. The third kappa shape index (κ3) is 3.67. The predicted octanol–water partition coefficient (Wildman–Crippen LogP) is 4.28. The van der Waals surface area contributed by atoms with Gasteiger partial charge in [-0.05, 0) is 5.92 Å². The van der Waals surface area contributed by atoms with Gasteiger partial charge in [-0.3, -0.25) is 0 Å². The second-order valence-corrected chi connectivity index (χ2v) is 5.44. The van der Waals surface area contributed by atoms with E-state index >= 15 is 0 Å². The maximum atomic E-state index is 4.00. The second kappa shape index (κ2) is 6.31. The first kappa shape index (κ1) is 16.3. The molecule has 1 aromatic carbocycles. The van der Waals surface area contributed by atoms with Crippen LogP contribution in [0.25, 0.3) is 0 Å². The van der Waals surface area contributed by atoms with E-state index in [1.807, 2.05) is 6.07 Å². The zero-order chi connectivity index (χ0) is 11.6. The largest absolute Gasteiger partial charge is 0.341 e. The van der Waals surface area contributed by atoms with Crippen molar-refractivity contribution in [3.63, 3.8) is 0 Å². The summed E-state index contributed by atoms with van der Waals surface area (Å²) in [6.45, 7) is 15.3. The molecule has 0 amide bonds. The molecule has 1 heteroatoms. The van der Waals surface area contributed by atoms with E-state index in [1.165, 1.54) is 16.7 Å². The van der Waals surface area contributed by atoms with Crippen LogP contribution >= 0.6 is 0 Å². The number of rotatable bonds is 2. The summed E-state index contributed by atoms with van der Waals surface area (Å²) < 4.78 is 0. The molecule has 1 rings (SSSR count). The Bertz CT molecular complexity index is 332. The van der Waals surface area contributed by atoms with E-state index in [4.69, 9.17) is 0 Å². The Morgan fingerprint density at radius 2 is 1.88 bits per heavy atom. The monoisotopic (exact) mass is 291 g/mol. The Balaban J connectivity index is 0.00000225. The summed E-state index contributed by atoms with van der Waals surface area (Å²) in [4.78, 5) is 0. The van der Waals surface area contributed by atoms with Crippen LogP contribution in [-0.2, 0) is 44.5 Å². The van der Waals surface area contributed by atoms with E-state index in [1.54, 1.807) is 0 Å². The molecule has 0 spiro atoms. The molecular formula is C15H22Y-2. The fourth-order valence-corrected chi connectivity index (χ4v) is 2.13. The number of benzene rings is 1. The summed E-state index contributed by atoms with van der Waals surface area (Å²) in [5, 5.41) is 0. The van der Waals surface area contributed by atoms with Crippen LogP contribution in [0.5, 0.6) is 0 Å². The summed E-state index contributed by atoms with van der Waals surface area (Å²) in [5.41, 5.74) is 4.34. The van der Waals surface area contributed by atoms with E-state index in [-0.39, 0.29) is 38.1 Å². The minimum atomic E-state index is 0. The molecule has 0 nitrogen and oxygen atoms in total. The SMILES string of the molecule is [CH2-]Cc1[c-]ccc(C(C)C)c1C(C)(C)C.[Y]. The quantitative estimate of drug-likeness (QED) is 0.713. The minimum Gasteiger partial charge on any atom is -0.341 e. The van der Waals surface area contributed by atoms with E-state index in [0.717, 1.165) is 6.42 Å². The van der Waals surface area contributed by atoms with Crippen molar-refractivity contribution < 1.29 is 32.7 Å². The molecule has 0 aliphatic carbocycles. The molecule has 0 bridgehead atoms. The van der Waals surface area contributed by atoms with E-state index in [9.17, 15) is 0 Å². The number of hydrogen-bond donors (Lipinski definition) is 0. The molecule has 16 heavy (non-hydrogen) atoms.